The number of fused-ring (bicyclic) bond motifs is 1. The first-order chi connectivity index (χ1) is 13.8. The number of rotatable bonds is 3. The van der Waals surface area contributed by atoms with Crippen molar-refractivity contribution < 1.29 is 0 Å². The Morgan fingerprint density at radius 1 is 0.893 bits per heavy atom. The smallest absolute Gasteiger partial charge is 0.247 e. The van der Waals surface area contributed by atoms with E-state index in [9.17, 15) is 0 Å². The quantitative estimate of drug-likeness (QED) is 0.699. The molecule has 0 saturated carbocycles. The van der Waals surface area contributed by atoms with Gasteiger partial charge in [-0.05, 0) is 37.1 Å². The van der Waals surface area contributed by atoms with E-state index in [2.05, 4.69) is 67.1 Å². The van der Waals surface area contributed by atoms with Gasteiger partial charge in [0.1, 0.15) is 5.82 Å². The maximum absolute atomic E-state index is 4.87. The molecule has 0 radical (unpaired) electrons. The highest BCUT2D eigenvalue weighted by molar-refractivity contribution is 5.68. The van der Waals surface area contributed by atoms with E-state index in [1.807, 2.05) is 18.3 Å². The third-order valence-corrected chi connectivity index (χ3v) is 5.52. The van der Waals surface area contributed by atoms with Gasteiger partial charge >= 0.3 is 0 Å². The molecule has 2 aromatic heterocycles. The van der Waals surface area contributed by atoms with Gasteiger partial charge < -0.3 is 14.7 Å². The van der Waals surface area contributed by atoms with Gasteiger partial charge in [0, 0.05) is 44.1 Å². The molecule has 5 rings (SSSR count). The molecule has 1 unspecified atom stereocenters. The normalized spacial score (nSPS) is 19.0. The number of aromatic nitrogens is 4. The van der Waals surface area contributed by atoms with Crippen LogP contribution in [0.5, 0.6) is 0 Å². The topological polar surface area (TPSA) is 61.3 Å². The largest absolute Gasteiger partial charge is 0.353 e. The van der Waals surface area contributed by atoms with E-state index in [-0.39, 0.29) is 0 Å². The van der Waals surface area contributed by atoms with E-state index in [0.717, 1.165) is 44.2 Å². The third-order valence-electron chi connectivity index (χ3n) is 5.52. The van der Waals surface area contributed by atoms with Crippen molar-refractivity contribution in [1.29, 1.82) is 0 Å². The molecule has 142 valence electrons. The Morgan fingerprint density at radius 3 is 2.50 bits per heavy atom. The van der Waals surface area contributed by atoms with Gasteiger partial charge in [-0.15, -0.1) is 5.10 Å². The molecule has 2 aliphatic rings. The van der Waals surface area contributed by atoms with E-state index < -0.39 is 0 Å². The molecule has 1 saturated heterocycles. The van der Waals surface area contributed by atoms with Crippen molar-refractivity contribution in [3.8, 4) is 0 Å². The summed E-state index contributed by atoms with van der Waals surface area (Å²) in [5.74, 6) is 2.60. The SMILES string of the molecule is CC1Cc2ccccc2N1c1cnnc(N2CCN(c3ccccn3)CC2)n1. The highest BCUT2D eigenvalue weighted by atomic mass is 15.4. The molecule has 7 heteroatoms. The predicted molar refractivity (Wildman–Crippen MR) is 110 cm³/mol. The average Bonchev–Trinajstić information content (AvgIpc) is 3.10. The number of benzene rings is 1. The van der Waals surface area contributed by atoms with E-state index in [1.54, 1.807) is 6.20 Å². The van der Waals surface area contributed by atoms with Crippen LogP contribution in [-0.2, 0) is 6.42 Å². The van der Waals surface area contributed by atoms with E-state index >= 15 is 0 Å². The van der Waals surface area contributed by atoms with Crippen LogP contribution in [0.2, 0.25) is 0 Å². The Bertz CT molecular complexity index is 954. The number of piperazine rings is 1. The van der Waals surface area contributed by atoms with Gasteiger partial charge in [-0.2, -0.15) is 10.1 Å². The fourth-order valence-corrected chi connectivity index (χ4v) is 4.13. The second kappa shape index (κ2) is 7.07. The number of para-hydroxylation sites is 1. The third kappa shape index (κ3) is 3.02. The van der Waals surface area contributed by atoms with E-state index in [4.69, 9.17) is 4.98 Å². The van der Waals surface area contributed by atoms with Crippen LogP contribution in [0.3, 0.4) is 0 Å². The molecular weight excluding hydrogens is 350 g/mol. The van der Waals surface area contributed by atoms with Crippen LogP contribution in [0.1, 0.15) is 12.5 Å². The summed E-state index contributed by atoms with van der Waals surface area (Å²) in [7, 11) is 0. The van der Waals surface area contributed by atoms with Crippen molar-refractivity contribution >= 4 is 23.3 Å². The summed E-state index contributed by atoms with van der Waals surface area (Å²) in [4.78, 5) is 16.1. The number of hydrogen-bond acceptors (Lipinski definition) is 7. The lowest BCUT2D eigenvalue weighted by atomic mass is 10.1. The number of hydrogen-bond donors (Lipinski definition) is 0. The first-order valence-corrected chi connectivity index (χ1v) is 9.77. The molecule has 1 fully saturated rings. The van der Waals surface area contributed by atoms with Gasteiger partial charge in [-0.25, -0.2) is 4.98 Å². The summed E-state index contributed by atoms with van der Waals surface area (Å²) in [5.41, 5.74) is 2.58. The van der Waals surface area contributed by atoms with Crippen molar-refractivity contribution in [3.05, 3.63) is 60.4 Å². The lowest BCUT2D eigenvalue weighted by molar-refractivity contribution is 0.628. The van der Waals surface area contributed by atoms with Crippen molar-refractivity contribution in [2.45, 2.75) is 19.4 Å². The molecule has 7 nitrogen and oxygen atoms in total. The summed E-state index contributed by atoms with van der Waals surface area (Å²) in [5, 5.41) is 8.58. The van der Waals surface area contributed by atoms with Crippen LogP contribution in [0.25, 0.3) is 0 Å². The van der Waals surface area contributed by atoms with Crippen LogP contribution in [0.4, 0.5) is 23.3 Å². The monoisotopic (exact) mass is 373 g/mol. The van der Waals surface area contributed by atoms with Crippen LogP contribution in [0, 0.1) is 0 Å². The fourth-order valence-electron chi connectivity index (χ4n) is 4.13. The average molecular weight is 373 g/mol. The molecule has 0 aliphatic carbocycles. The van der Waals surface area contributed by atoms with Gasteiger partial charge in [0.2, 0.25) is 5.95 Å². The second-order valence-corrected chi connectivity index (χ2v) is 7.33. The molecular formula is C21H23N7. The molecule has 4 heterocycles. The number of pyridine rings is 1. The first kappa shape index (κ1) is 16.9. The Hall–Kier alpha value is -3.22. The minimum absolute atomic E-state index is 0.364. The minimum atomic E-state index is 0.364. The zero-order valence-electron chi connectivity index (χ0n) is 15.9. The highest BCUT2D eigenvalue weighted by Crippen LogP contribution is 2.37. The number of nitrogens with zero attached hydrogens (tertiary/aromatic N) is 7. The van der Waals surface area contributed by atoms with Gasteiger partial charge in [0.25, 0.3) is 0 Å². The second-order valence-electron chi connectivity index (χ2n) is 7.33. The Kier molecular flexibility index (Phi) is 4.27. The van der Waals surface area contributed by atoms with E-state index in [0.29, 0.717) is 12.0 Å². The van der Waals surface area contributed by atoms with Crippen molar-refractivity contribution in [2.75, 3.05) is 40.9 Å². The molecule has 2 aliphatic heterocycles. The first-order valence-electron chi connectivity index (χ1n) is 9.77. The van der Waals surface area contributed by atoms with Crippen molar-refractivity contribution in [1.82, 2.24) is 20.2 Å². The molecule has 28 heavy (non-hydrogen) atoms. The highest BCUT2D eigenvalue weighted by Gasteiger charge is 2.29. The van der Waals surface area contributed by atoms with Crippen molar-refractivity contribution in [2.24, 2.45) is 0 Å². The van der Waals surface area contributed by atoms with Crippen LogP contribution >= 0.6 is 0 Å². The van der Waals surface area contributed by atoms with Crippen LogP contribution < -0.4 is 14.7 Å². The minimum Gasteiger partial charge on any atom is -0.353 e. The summed E-state index contributed by atoms with van der Waals surface area (Å²) in [6.07, 6.45) is 4.64. The Balaban J connectivity index is 1.35. The summed E-state index contributed by atoms with van der Waals surface area (Å²) in [6, 6.07) is 14.9. The molecule has 3 aromatic rings. The maximum atomic E-state index is 4.87. The van der Waals surface area contributed by atoms with Gasteiger partial charge in [-0.3, -0.25) is 0 Å². The van der Waals surface area contributed by atoms with Crippen LogP contribution in [-0.4, -0.2) is 52.4 Å². The maximum Gasteiger partial charge on any atom is 0.247 e. The van der Waals surface area contributed by atoms with Gasteiger partial charge in [0.05, 0.1) is 6.20 Å². The zero-order valence-corrected chi connectivity index (χ0v) is 15.9. The summed E-state index contributed by atoms with van der Waals surface area (Å²) >= 11 is 0. The Labute approximate surface area is 164 Å². The van der Waals surface area contributed by atoms with Gasteiger partial charge in [0.15, 0.2) is 5.82 Å². The standard InChI is InChI=1S/C21H23N7/c1-16-14-17-6-2-3-7-18(17)28(16)20-15-23-25-21(24-20)27-12-10-26(11-13-27)19-8-4-5-9-22-19/h2-9,15-16H,10-14H2,1H3. The Morgan fingerprint density at radius 2 is 1.68 bits per heavy atom. The molecule has 1 atom stereocenters. The molecule has 0 bridgehead atoms. The molecule has 0 amide bonds. The molecule has 0 spiro atoms. The fraction of sp³-hybridized carbons (Fsp3) is 0.333. The summed E-state index contributed by atoms with van der Waals surface area (Å²) < 4.78 is 0. The predicted octanol–water partition coefficient (Wildman–Crippen LogP) is 2.68. The van der Waals surface area contributed by atoms with E-state index in [1.165, 1.54) is 11.3 Å². The van der Waals surface area contributed by atoms with Crippen LogP contribution in [0.15, 0.2) is 54.9 Å². The van der Waals surface area contributed by atoms with Gasteiger partial charge in [-0.1, -0.05) is 24.3 Å². The van der Waals surface area contributed by atoms with Crippen molar-refractivity contribution in [3.63, 3.8) is 0 Å². The molecule has 0 N–H and O–H groups in total. The lowest BCUT2D eigenvalue weighted by Gasteiger charge is -2.35. The molecule has 1 aromatic carbocycles. The zero-order chi connectivity index (χ0) is 18.9. The summed E-state index contributed by atoms with van der Waals surface area (Å²) in [6.45, 7) is 5.73. The lowest BCUT2D eigenvalue weighted by Crippen LogP contribution is -2.47. The number of anilines is 4.